The van der Waals surface area contributed by atoms with Gasteiger partial charge in [0.15, 0.2) is 4.77 Å². The van der Waals surface area contributed by atoms with Crippen LogP contribution >= 0.6 is 34.8 Å². The smallest absolute Gasteiger partial charge is 0.178 e. The third kappa shape index (κ3) is 2.69. The van der Waals surface area contributed by atoms with E-state index in [0.29, 0.717) is 14.9 Å². The summed E-state index contributed by atoms with van der Waals surface area (Å²) in [7, 11) is 1.63. The van der Waals surface area contributed by atoms with Crippen molar-refractivity contribution in [2.75, 3.05) is 7.11 Å². The van der Waals surface area contributed by atoms with Crippen molar-refractivity contribution in [3.8, 4) is 5.75 Å². The van der Waals surface area contributed by atoms with E-state index in [4.69, 9.17) is 17.0 Å². The molecule has 2 aromatic carbocycles. The van der Waals surface area contributed by atoms with Gasteiger partial charge in [-0.2, -0.15) is 0 Å². The van der Waals surface area contributed by atoms with Gasteiger partial charge in [0.1, 0.15) is 11.6 Å². The van der Waals surface area contributed by atoms with Crippen LogP contribution in [-0.2, 0) is 6.54 Å². The highest BCUT2D eigenvalue weighted by molar-refractivity contribution is 14.1. The average molecular weight is 414 g/mol. The molecule has 0 saturated carbocycles. The van der Waals surface area contributed by atoms with Gasteiger partial charge in [-0.05, 0) is 46.9 Å². The summed E-state index contributed by atoms with van der Waals surface area (Å²) in [5.41, 5.74) is 2.58. The number of fused-ring (bicyclic) bond motifs is 1. The fourth-order valence-electron chi connectivity index (χ4n) is 2.31. The standard InChI is InChI=1S/C15H12FIN2OS/c1-20-14-5-3-2-4-9(14)8-19-13-6-10(16)11(17)7-12(13)18-15(19)21/h2-7H,8H2,1H3,(H,18,21). The van der Waals surface area contributed by atoms with Crippen molar-refractivity contribution in [1.29, 1.82) is 0 Å². The summed E-state index contributed by atoms with van der Waals surface area (Å²) in [6.45, 7) is 0.531. The van der Waals surface area contributed by atoms with Gasteiger partial charge in [-0.1, -0.05) is 18.2 Å². The first-order valence-electron chi connectivity index (χ1n) is 6.29. The predicted octanol–water partition coefficient (Wildman–Crippen LogP) is 4.50. The molecule has 0 spiro atoms. The van der Waals surface area contributed by atoms with Crippen LogP contribution in [0.5, 0.6) is 5.75 Å². The molecular weight excluding hydrogens is 402 g/mol. The largest absolute Gasteiger partial charge is 0.496 e. The summed E-state index contributed by atoms with van der Waals surface area (Å²) >= 11 is 7.33. The van der Waals surface area contributed by atoms with Crippen LogP contribution in [-0.4, -0.2) is 16.7 Å². The van der Waals surface area contributed by atoms with E-state index in [1.54, 1.807) is 13.2 Å². The van der Waals surface area contributed by atoms with Crippen LogP contribution in [0.25, 0.3) is 11.0 Å². The van der Waals surface area contributed by atoms with Crippen molar-refractivity contribution < 1.29 is 9.13 Å². The molecule has 1 N–H and O–H groups in total. The Kier molecular flexibility index (Phi) is 3.99. The first-order valence-corrected chi connectivity index (χ1v) is 7.78. The summed E-state index contributed by atoms with van der Waals surface area (Å²) in [5, 5.41) is 0. The SMILES string of the molecule is COc1ccccc1Cn1c(=S)[nH]c2cc(I)c(F)cc21. The quantitative estimate of drug-likeness (QED) is 0.506. The van der Waals surface area contributed by atoms with Gasteiger partial charge in [-0.25, -0.2) is 4.39 Å². The maximum absolute atomic E-state index is 13.8. The highest BCUT2D eigenvalue weighted by Gasteiger charge is 2.11. The molecule has 6 heteroatoms. The number of nitrogens with zero attached hydrogens (tertiary/aromatic N) is 1. The zero-order chi connectivity index (χ0) is 15.0. The van der Waals surface area contributed by atoms with Gasteiger partial charge in [-0.15, -0.1) is 0 Å². The molecule has 108 valence electrons. The van der Waals surface area contributed by atoms with Gasteiger partial charge in [0, 0.05) is 11.6 Å². The first kappa shape index (κ1) is 14.5. The maximum atomic E-state index is 13.8. The minimum Gasteiger partial charge on any atom is -0.496 e. The van der Waals surface area contributed by atoms with E-state index in [1.807, 2.05) is 51.4 Å². The van der Waals surface area contributed by atoms with Gasteiger partial charge in [0.25, 0.3) is 0 Å². The van der Waals surface area contributed by atoms with E-state index in [0.717, 1.165) is 22.3 Å². The molecule has 3 aromatic rings. The summed E-state index contributed by atoms with van der Waals surface area (Å²) < 4.78 is 22.2. The first-order chi connectivity index (χ1) is 10.1. The number of hydrogen-bond acceptors (Lipinski definition) is 2. The highest BCUT2D eigenvalue weighted by Crippen LogP contribution is 2.24. The van der Waals surface area contributed by atoms with Crippen LogP contribution in [0.1, 0.15) is 5.56 Å². The Hall–Kier alpha value is -1.41. The second-order valence-electron chi connectivity index (χ2n) is 4.61. The molecule has 1 heterocycles. The van der Waals surface area contributed by atoms with E-state index < -0.39 is 0 Å². The minimum atomic E-state index is -0.245. The van der Waals surface area contributed by atoms with E-state index >= 15 is 0 Å². The number of imidazole rings is 1. The number of para-hydroxylation sites is 1. The van der Waals surface area contributed by atoms with Gasteiger partial charge < -0.3 is 14.3 Å². The van der Waals surface area contributed by atoms with Crippen LogP contribution < -0.4 is 4.74 Å². The Balaban J connectivity index is 2.14. The third-order valence-electron chi connectivity index (χ3n) is 3.34. The molecular formula is C15H12FIN2OS. The molecule has 3 nitrogen and oxygen atoms in total. The van der Waals surface area contributed by atoms with Crippen molar-refractivity contribution in [2.45, 2.75) is 6.54 Å². The number of aromatic amines is 1. The molecule has 0 amide bonds. The van der Waals surface area contributed by atoms with Gasteiger partial charge in [0.2, 0.25) is 0 Å². The van der Waals surface area contributed by atoms with Gasteiger partial charge in [-0.3, -0.25) is 0 Å². The zero-order valence-electron chi connectivity index (χ0n) is 11.2. The van der Waals surface area contributed by atoms with Crippen LogP contribution in [0.3, 0.4) is 0 Å². The lowest BCUT2D eigenvalue weighted by atomic mass is 10.2. The molecule has 0 bridgehead atoms. The number of H-pyrrole nitrogens is 1. The van der Waals surface area contributed by atoms with Gasteiger partial charge in [0.05, 0.1) is 28.3 Å². The molecule has 0 unspecified atom stereocenters. The highest BCUT2D eigenvalue weighted by atomic mass is 127. The average Bonchev–Trinajstić information content (AvgIpc) is 2.76. The second kappa shape index (κ2) is 5.76. The number of methoxy groups -OCH3 is 1. The molecule has 0 atom stereocenters. The molecule has 0 aliphatic rings. The van der Waals surface area contributed by atoms with E-state index in [1.165, 1.54) is 6.07 Å². The van der Waals surface area contributed by atoms with Crippen molar-refractivity contribution in [3.63, 3.8) is 0 Å². The number of ether oxygens (including phenoxy) is 1. The summed E-state index contributed by atoms with van der Waals surface area (Å²) in [5.74, 6) is 0.547. The lowest BCUT2D eigenvalue weighted by molar-refractivity contribution is 0.408. The van der Waals surface area contributed by atoms with Gasteiger partial charge >= 0.3 is 0 Å². The Bertz CT molecular complexity index is 872. The lowest BCUT2D eigenvalue weighted by Gasteiger charge is -2.09. The van der Waals surface area contributed by atoms with E-state index in [9.17, 15) is 4.39 Å². The molecule has 0 saturated heterocycles. The van der Waals surface area contributed by atoms with Crippen LogP contribution in [0.4, 0.5) is 4.39 Å². The normalized spacial score (nSPS) is 11.0. The fourth-order valence-corrected chi connectivity index (χ4v) is 3.05. The molecule has 0 fully saturated rings. The van der Waals surface area contributed by atoms with Crippen LogP contribution in [0, 0.1) is 14.2 Å². The topological polar surface area (TPSA) is 29.9 Å². The summed E-state index contributed by atoms with van der Waals surface area (Å²) in [6.07, 6.45) is 0. The number of hydrogen-bond donors (Lipinski definition) is 1. The number of aromatic nitrogens is 2. The van der Waals surface area contributed by atoms with Crippen molar-refractivity contribution >= 4 is 45.8 Å². The Morgan fingerprint density at radius 3 is 2.86 bits per heavy atom. The molecule has 21 heavy (non-hydrogen) atoms. The Morgan fingerprint density at radius 2 is 2.10 bits per heavy atom. The molecule has 0 aliphatic heterocycles. The fraction of sp³-hybridized carbons (Fsp3) is 0.133. The third-order valence-corrected chi connectivity index (χ3v) is 4.49. The van der Waals surface area contributed by atoms with E-state index in [-0.39, 0.29) is 5.82 Å². The Morgan fingerprint density at radius 1 is 1.33 bits per heavy atom. The summed E-state index contributed by atoms with van der Waals surface area (Å²) in [4.78, 5) is 3.12. The Labute approximate surface area is 139 Å². The van der Waals surface area contributed by atoms with Crippen LogP contribution in [0.2, 0.25) is 0 Å². The number of nitrogens with one attached hydrogen (secondary N) is 1. The number of benzene rings is 2. The monoisotopic (exact) mass is 414 g/mol. The number of halogens is 2. The minimum absolute atomic E-state index is 0.245. The molecule has 1 aromatic heterocycles. The van der Waals surface area contributed by atoms with Crippen molar-refractivity contribution in [3.05, 3.63) is 56.1 Å². The molecule has 3 rings (SSSR count). The molecule has 0 radical (unpaired) electrons. The number of rotatable bonds is 3. The molecule has 0 aliphatic carbocycles. The van der Waals surface area contributed by atoms with Crippen LogP contribution in [0.15, 0.2) is 36.4 Å². The second-order valence-corrected chi connectivity index (χ2v) is 6.16. The lowest BCUT2D eigenvalue weighted by Crippen LogP contribution is -2.02. The van der Waals surface area contributed by atoms with Crippen molar-refractivity contribution in [2.24, 2.45) is 0 Å². The zero-order valence-corrected chi connectivity index (χ0v) is 14.2. The van der Waals surface area contributed by atoms with E-state index in [2.05, 4.69) is 4.98 Å². The maximum Gasteiger partial charge on any atom is 0.178 e. The van der Waals surface area contributed by atoms with Crippen molar-refractivity contribution in [1.82, 2.24) is 9.55 Å². The summed E-state index contributed by atoms with van der Waals surface area (Å²) in [6, 6.07) is 11.0. The predicted molar refractivity (Wildman–Crippen MR) is 91.9 cm³/mol.